The van der Waals surface area contributed by atoms with Gasteiger partial charge in [0.15, 0.2) is 11.5 Å². The summed E-state index contributed by atoms with van der Waals surface area (Å²) >= 11 is 4.80. The van der Waals surface area contributed by atoms with Gasteiger partial charge in [-0.3, -0.25) is 4.79 Å². The number of carbonyl (C=O) groups excluding carboxylic acids is 1. The van der Waals surface area contributed by atoms with Crippen LogP contribution in [0, 0.1) is 5.82 Å². The Kier molecular flexibility index (Phi) is 4.04. The third-order valence-electron chi connectivity index (χ3n) is 2.73. The molecule has 0 aliphatic rings. The molecule has 0 unspecified atom stereocenters. The van der Waals surface area contributed by atoms with Crippen molar-refractivity contribution in [3.63, 3.8) is 0 Å². The topological polar surface area (TPSA) is 95.6 Å². The average Bonchev–Trinajstić information content (AvgIpc) is 2.43. The molecule has 0 saturated heterocycles. The van der Waals surface area contributed by atoms with Crippen LogP contribution in [-0.4, -0.2) is 21.1 Å². The fourth-order valence-corrected chi connectivity index (χ4v) is 1.86. The Labute approximate surface area is 124 Å². The standard InChI is InChI=1S/C14H11FN2O3S/c15-8-2-3-10(9(6-8)13(16)21)17-14(20)7-1-4-11(18)12(19)5-7/h1-6,18-19H,(H2,16,21)(H,17,20). The lowest BCUT2D eigenvalue weighted by Crippen LogP contribution is -2.17. The second-order valence-electron chi connectivity index (χ2n) is 4.21. The summed E-state index contributed by atoms with van der Waals surface area (Å²) in [4.78, 5) is 12.0. The summed E-state index contributed by atoms with van der Waals surface area (Å²) in [6, 6.07) is 7.23. The third kappa shape index (κ3) is 3.26. The van der Waals surface area contributed by atoms with E-state index in [1.54, 1.807) is 0 Å². The summed E-state index contributed by atoms with van der Waals surface area (Å²) in [6.07, 6.45) is 0. The Hall–Kier alpha value is -2.67. The predicted molar refractivity (Wildman–Crippen MR) is 80.0 cm³/mol. The lowest BCUT2D eigenvalue weighted by atomic mass is 10.1. The van der Waals surface area contributed by atoms with E-state index in [1.165, 1.54) is 18.2 Å². The van der Waals surface area contributed by atoms with Gasteiger partial charge in [-0.25, -0.2) is 4.39 Å². The highest BCUT2D eigenvalue weighted by molar-refractivity contribution is 7.80. The number of phenolic OH excluding ortho intramolecular Hbond substituents is 2. The van der Waals surface area contributed by atoms with Gasteiger partial charge in [-0.15, -0.1) is 0 Å². The number of hydrogen-bond acceptors (Lipinski definition) is 4. The molecule has 2 aromatic carbocycles. The van der Waals surface area contributed by atoms with E-state index in [-0.39, 0.29) is 27.6 Å². The van der Waals surface area contributed by atoms with Gasteiger partial charge in [0, 0.05) is 11.1 Å². The molecule has 7 heteroatoms. The zero-order valence-electron chi connectivity index (χ0n) is 10.6. The molecule has 2 rings (SSSR count). The molecule has 0 aliphatic carbocycles. The summed E-state index contributed by atoms with van der Waals surface area (Å²) in [6.45, 7) is 0. The molecular weight excluding hydrogens is 295 g/mol. The van der Waals surface area contributed by atoms with Crippen molar-refractivity contribution < 1.29 is 19.4 Å². The van der Waals surface area contributed by atoms with Gasteiger partial charge in [0.1, 0.15) is 10.8 Å². The Morgan fingerprint density at radius 3 is 2.48 bits per heavy atom. The van der Waals surface area contributed by atoms with Crippen molar-refractivity contribution in [2.75, 3.05) is 5.32 Å². The fourth-order valence-electron chi connectivity index (χ4n) is 1.69. The molecular formula is C14H11FN2O3S. The second kappa shape index (κ2) is 5.76. The van der Waals surface area contributed by atoms with Gasteiger partial charge in [0.2, 0.25) is 0 Å². The Morgan fingerprint density at radius 1 is 1.14 bits per heavy atom. The molecule has 108 valence electrons. The lowest BCUT2D eigenvalue weighted by Gasteiger charge is -2.10. The van der Waals surface area contributed by atoms with Gasteiger partial charge in [-0.05, 0) is 36.4 Å². The highest BCUT2D eigenvalue weighted by Gasteiger charge is 2.13. The molecule has 0 fully saturated rings. The first-order chi connectivity index (χ1) is 9.88. The SMILES string of the molecule is NC(=S)c1cc(F)ccc1NC(=O)c1ccc(O)c(O)c1. The molecule has 2 aromatic rings. The summed E-state index contributed by atoms with van der Waals surface area (Å²) in [5, 5.41) is 21.1. The van der Waals surface area contributed by atoms with Crippen molar-refractivity contribution in [3.8, 4) is 11.5 Å². The molecule has 0 aromatic heterocycles. The second-order valence-corrected chi connectivity index (χ2v) is 4.65. The molecule has 0 aliphatic heterocycles. The minimum Gasteiger partial charge on any atom is -0.504 e. The number of anilines is 1. The molecule has 0 bridgehead atoms. The molecule has 0 heterocycles. The van der Waals surface area contributed by atoms with Gasteiger partial charge >= 0.3 is 0 Å². The van der Waals surface area contributed by atoms with E-state index in [1.807, 2.05) is 0 Å². The molecule has 0 radical (unpaired) electrons. The summed E-state index contributed by atoms with van der Waals surface area (Å²) in [5.74, 6) is -1.85. The van der Waals surface area contributed by atoms with Crippen LogP contribution >= 0.6 is 12.2 Å². The zero-order chi connectivity index (χ0) is 15.6. The first-order valence-corrected chi connectivity index (χ1v) is 6.22. The largest absolute Gasteiger partial charge is 0.504 e. The maximum Gasteiger partial charge on any atom is 0.255 e. The van der Waals surface area contributed by atoms with Gasteiger partial charge in [0.25, 0.3) is 5.91 Å². The van der Waals surface area contributed by atoms with Crippen LogP contribution in [0.3, 0.4) is 0 Å². The molecule has 1 amide bonds. The number of carbonyl (C=O) groups is 1. The number of phenols is 2. The number of nitrogens with two attached hydrogens (primary N) is 1. The normalized spacial score (nSPS) is 10.1. The Bertz CT molecular complexity index is 734. The van der Waals surface area contributed by atoms with Crippen molar-refractivity contribution >= 4 is 28.8 Å². The summed E-state index contributed by atoms with van der Waals surface area (Å²) in [7, 11) is 0. The highest BCUT2D eigenvalue weighted by Crippen LogP contribution is 2.25. The van der Waals surface area contributed by atoms with Crippen LogP contribution in [0.5, 0.6) is 11.5 Å². The van der Waals surface area contributed by atoms with Crippen LogP contribution in [-0.2, 0) is 0 Å². The van der Waals surface area contributed by atoms with Gasteiger partial charge in [-0.2, -0.15) is 0 Å². The number of hydrogen-bond donors (Lipinski definition) is 4. The van der Waals surface area contributed by atoms with E-state index < -0.39 is 17.5 Å². The molecule has 0 spiro atoms. The molecule has 5 N–H and O–H groups in total. The van der Waals surface area contributed by atoms with Gasteiger partial charge in [0.05, 0.1) is 5.69 Å². The van der Waals surface area contributed by atoms with Crippen LogP contribution < -0.4 is 11.1 Å². The maximum atomic E-state index is 13.2. The van der Waals surface area contributed by atoms with Crippen molar-refractivity contribution in [1.29, 1.82) is 0 Å². The smallest absolute Gasteiger partial charge is 0.255 e. The minimum absolute atomic E-state index is 0.0571. The fraction of sp³-hybridized carbons (Fsp3) is 0. The highest BCUT2D eigenvalue weighted by atomic mass is 32.1. The minimum atomic E-state index is -0.561. The van der Waals surface area contributed by atoms with Crippen LogP contribution in [0.1, 0.15) is 15.9 Å². The van der Waals surface area contributed by atoms with E-state index in [4.69, 9.17) is 18.0 Å². The van der Waals surface area contributed by atoms with Gasteiger partial charge in [-0.1, -0.05) is 12.2 Å². The number of halogens is 1. The van der Waals surface area contributed by atoms with E-state index in [0.717, 1.165) is 18.2 Å². The summed E-state index contributed by atoms with van der Waals surface area (Å²) < 4.78 is 13.2. The lowest BCUT2D eigenvalue weighted by molar-refractivity contribution is 0.102. The van der Waals surface area contributed by atoms with E-state index in [2.05, 4.69) is 5.32 Å². The quantitative estimate of drug-likeness (QED) is 0.514. The maximum absolute atomic E-state index is 13.2. The van der Waals surface area contributed by atoms with Crippen molar-refractivity contribution in [2.45, 2.75) is 0 Å². The van der Waals surface area contributed by atoms with E-state index in [9.17, 15) is 19.4 Å². The van der Waals surface area contributed by atoms with Crippen LogP contribution in [0.2, 0.25) is 0 Å². The van der Waals surface area contributed by atoms with Crippen molar-refractivity contribution in [3.05, 3.63) is 53.3 Å². The van der Waals surface area contributed by atoms with Crippen LogP contribution in [0.25, 0.3) is 0 Å². The predicted octanol–water partition coefficient (Wildman–Crippen LogP) is 2.12. The van der Waals surface area contributed by atoms with Crippen LogP contribution in [0.4, 0.5) is 10.1 Å². The summed E-state index contributed by atoms with van der Waals surface area (Å²) in [5.41, 5.74) is 6.04. The molecule has 0 saturated carbocycles. The van der Waals surface area contributed by atoms with Crippen molar-refractivity contribution in [1.82, 2.24) is 0 Å². The van der Waals surface area contributed by atoms with Gasteiger partial charge < -0.3 is 21.3 Å². The Balaban J connectivity index is 2.31. The van der Waals surface area contributed by atoms with Crippen LogP contribution in [0.15, 0.2) is 36.4 Å². The van der Waals surface area contributed by atoms with Crippen molar-refractivity contribution in [2.24, 2.45) is 5.73 Å². The monoisotopic (exact) mass is 306 g/mol. The third-order valence-corrected chi connectivity index (χ3v) is 2.95. The average molecular weight is 306 g/mol. The first kappa shape index (κ1) is 14.7. The number of amides is 1. The number of aromatic hydroxyl groups is 2. The van der Waals surface area contributed by atoms with E-state index in [0.29, 0.717) is 0 Å². The number of nitrogens with one attached hydrogen (secondary N) is 1. The number of benzene rings is 2. The Morgan fingerprint density at radius 2 is 1.86 bits per heavy atom. The molecule has 5 nitrogen and oxygen atoms in total. The molecule has 0 atom stereocenters. The number of thiocarbonyl (C=S) groups is 1. The molecule has 21 heavy (non-hydrogen) atoms. The van der Waals surface area contributed by atoms with E-state index >= 15 is 0 Å². The zero-order valence-corrected chi connectivity index (χ0v) is 11.4. The number of rotatable bonds is 3. The first-order valence-electron chi connectivity index (χ1n) is 5.81.